The summed E-state index contributed by atoms with van der Waals surface area (Å²) in [4.78, 5) is 58.0. The molecule has 132 valence electrons. The number of hydroxylamine groups is 1. The van der Waals surface area contributed by atoms with Crippen LogP contribution in [0.1, 0.15) is 0 Å². The number of hydrogen-bond acceptors (Lipinski definition) is 10. The fraction of sp³-hybridized carbons (Fsp3) is 0.400. The van der Waals surface area contributed by atoms with E-state index in [0.29, 0.717) is 0 Å². The van der Waals surface area contributed by atoms with Crippen molar-refractivity contribution in [3.05, 3.63) is 16.7 Å². The zero-order valence-corrected chi connectivity index (χ0v) is 19.0. The summed E-state index contributed by atoms with van der Waals surface area (Å²) in [6, 6.07) is 0. The van der Waals surface area contributed by atoms with Gasteiger partial charge >= 0.3 is 59.1 Å². The van der Waals surface area contributed by atoms with Gasteiger partial charge in [0.15, 0.2) is 11.2 Å². The maximum absolute atomic E-state index is 11.6. The summed E-state index contributed by atoms with van der Waals surface area (Å²) in [6.07, 6.45) is 0.158. The normalized spacial score (nSPS) is 10.8. The average molecular weight is 406 g/mol. The first kappa shape index (κ1) is 25.7. The monoisotopic (exact) mass is 406 g/mol. The molecular formula is C10H13N6Na2O7P. The molecule has 0 atom stereocenters. The van der Waals surface area contributed by atoms with Gasteiger partial charge in [-0.3, -0.25) is 24.0 Å². The Balaban J connectivity index is 0.00000312. The fourth-order valence-corrected chi connectivity index (χ4v) is 2.08. The van der Waals surface area contributed by atoms with Gasteiger partial charge in [-0.15, -0.1) is 0 Å². The van der Waals surface area contributed by atoms with Gasteiger partial charge in [0.05, 0.1) is 25.7 Å². The van der Waals surface area contributed by atoms with Gasteiger partial charge in [0.25, 0.3) is 5.56 Å². The van der Waals surface area contributed by atoms with Crippen molar-refractivity contribution in [3.63, 3.8) is 0 Å². The van der Waals surface area contributed by atoms with E-state index in [4.69, 9.17) is 10.5 Å². The third-order valence-corrected chi connectivity index (χ3v) is 3.25. The number of nitrogens with one attached hydrogen (secondary N) is 2. The number of amides is 1. The molecule has 0 bridgehead atoms. The summed E-state index contributed by atoms with van der Waals surface area (Å²) < 4.78 is 17.0. The second-order valence-corrected chi connectivity index (χ2v) is 6.06. The molecule has 2 rings (SSSR count). The molecule has 2 aromatic heterocycles. The summed E-state index contributed by atoms with van der Waals surface area (Å²) in [5.74, 6) is -1.13. The molecule has 2 aromatic rings. The van der Waals surface area contributed by atoms with Gasteiger partial charge in [-0.05, 0) is 0 Å². The molecule has 0 aliphatic heterocycles. The Bertz CT molecular complexity index is 837. The molecule has 0 fully saturated rings. The number of carbonyl (C=O) groups excluding carboxylic acids is 1. The number of aromatic amines is 1. The van der Waals surface area contributed by atoms with E-state index in [9.17, 15) is 23.9 Å². The third-order valence-electron chi connectivity index (χ3n) is 2.58. The molecule has 0 saturated heterocycles. The largest absolute Gasteiger partial charge is 1.00 e. The topological polar surface area (TPSA) is 200 Å². The van der Waals surface area contributed by atoms with Gasteiger partial charge in [-0.2, -0.15) is 4.98 Å². The van der Waals surface area contributed by atoms with Gasteiger partial charge in [0.2, 0.25) is 11.9 Å². The van der Waals surface area contributed by atoms with Crippen LogP contribution in [0.15, 0.2) is 11.1 Å². The number of nitrogen functional groups attached to an aromatic ring is 1. The van der Waals surface area contributed by atoms with Crippen LogP contribution in [-0.2, 0) is 25.7 Å². The van der Waals surface area contributed by atoms with E-state index in [0.717, 1.165) is 0 Å². The summed E-state index contributed by atoms with van der Waals surface area (Å²) in [7, 11) is -4.93. The molecule has 4 N–H and O–H groups in total. The van der Waals surface area contributed by atoms with Crippen molar-refractivity contribution in [2.24, 2.45) is 0 Å². The Morgan fingerprint density at radius 2 is 2.08 bits per heavy atom. The van der Waals surface area contributed by atoms with Crippen molar-refractivity contribution in [2.45, 2.75) is 6.73 Å². The Labute approximate surface area is 190 Å². The smallest absolute Gasteiger partial charge is 0.810 e. The quantitative estimate of drug-likeness (QED) is 0.164. The maximum Gasteiger partial charge on any atom is 1.00 e. The predicted octanol–water partition coefficient (Wildman–Crippen LogP) is -9.35. The Morgan fingerprint density at radius 3 is 2.73 bits per heavy atom. The van der Waals surface area contributed by atoms with Crippen LogP contribution < -0.4 is 85.7 Å². The van der Waals surface area contributed by atoms with Crippen LogP contribution in [-0.4, -0.2) is 44.8 Å². The number of hydrogen-bond donors (Lipinski definition) is 3. The number of carbonyl (C=O) groups is 1. The minimum Gasteiger partial charge on any atom is -0.810 e. The van der Waals surface area contributed by atoms with Crippen molar-refractivity contribution in [2.75, 3.05) is 25.1 Å². The number of H-pyrrole nitrogens is 1. The van der Waals surface area contributed by atoms with Crippen molar-refractivity contribution < 1.29 is 87.8 Å². The second kappa shape index (κ2) is 11.5. The second-order valence-electron chi connectivity index (χ2n) is 4.52. The molecule has 0 spiro atoms. The zero-order valence-electron chi connectivity index (χ0n) is 14.1. The molecule has 13 nitrogen and oxygen atoms in total. The molecule has 0 aliphatic rings. The molecule has 26 heavy (non-hydrogen) atoms. The molecule has 0 saturated carbocycles. The van der Waals surface area contributed by atoms with Crippen LogP contribution in [0, 0.1) is 0 Å². The number of fused-ring (bicyclic) bond motifs is 1. The van der Waals surface area contributed by atoms with Crippen molar-refractivity contribution in [1.29, 1.82) is 0 Å². The Hall–Kier alpha value is -0.310. The van der Waals surface area contributed by atoms with Crippen molar-refractivity contribution >= 4 is 30.6 Å². The number of ether oxygens (including phenoxy) is 1. The molecule has 16 heteroatoms. The zero-order chi connectivity index (χ0) is 17.7. The van der Waals surface area contributed by atoms with Crippen LogP contribution in [0.2, 0.25) is 0 Å². The SMILES string of the molecule is Nc1nc2c(ncn2COCCONC(=O)CP(=O)([O-])[O-])c(=O)[nH]1.[Na+].[Na+]. The van der Waals surface area contributed by atoms with Crippen LogP contribution in [0.25, 0.3) is 11.2 Å². The minimum absolute atomic E-state index is 0. The third kappa shape index (κ3) is 8.15. The molecule has 1 amide bonds. The molecule has 0 radical (unpaired) electrons. The van der Waals surface area contributed by atoms with E-state index in [1.54, 1.807) is 5.48 Å². The Morgan fingerprint density at radius 1 is 1.38 bits per heavy atom. The fourth-order valence-electron chi connectivity index (χ4n) is 1.67. The van der Waals surface area contributed by atoms with Gasteiger partial charge < -0.3 is 24.8 Å². The molecule has 0 aliphatic carbocycles. The Kier molecular flexibility index (Phi) is 11.4. The van der Waals surface area contributed by atoms with E-state index in [1.165, 1.54) is 10.9 Å². The van der Waals surface area contributed by atoms with Crippen molar-refractivity contribution in [1.82, 2.24) is 25.0 Å². The minimum atomic E-state index is -4.93. The number of imidazole rings is 1. The van der Waals surface area contributed by atoms with E-state index in [-0.39, 0.29) is 96.2 Å². The summed E-state index contributed by atoms with van der Waals surface area (Å²) in [5, 5.41) is 0. The van der Waals surface area contributed by atoms with Crippen LogP contribution in [0.3, 0.4) is 0 Å². The first-order valence-corrected chi connectivity index (χ1v) is 8.19. The molecule has 0 unspecified atom stereocenters. The maximum atomic E-state index is 11.6. The van der Waals surface area contributed by atoms with Gasteiger partial charge in [0.1, 0.15) is 6.73 Å². The first-order chi connectivity index (χ1) is 11.3. The van der Waals surface area contributed by atoms with Crippen molar-refractivity contribution in [3.8, 4) is 0 Å². The van der Waals surface area contributed by atoms with Crippen LogP contribution >= 0.6 is 7.60 Å². The summed E-state index contributed by atoms with van der Waals surface area (Å²) >= 11 is 0. The number of nitrogens with zero attached hydrogens (tertiary/aromatic N) is 3. The van der Waals surface area contributed by atoms with E-state index >= 15 is 0 Å². The number of rotatable bonds is 8. The van der Waals surface area contributed by atoms with Gasteiger partial charge in [-0.25, -0.2) is 10.5 Å². The number of anilines is 1. The number of aromatic nitrogens is 4. The first-order valence-electron chi connectivity index (χ1n) is 6.46. The van der Waals surface area contributed by atoms with Gasteiger partial charge in [0, 0.05) is 0 Å². The van der Waals surface area contributed by atoms with Crippen LogP contribution in [0.4, 0.5) is 5.95 Å². The summed E-state index contributed by atoms with van der Waals surface area (Å²) in [6.45, 7) is -0.0956. The molecule has 2 heterocycles. The summed E-state index contributed by atoms with van der Waals surface area (Å²) in [5.41, 5.74) is 7.11. The molecular weight excluding hydrogens is 393 g/mol. The molecule has 0 aromatic carbocycles. The van der Waals surface area contributed by atoms with E-state index < -0.39 is 25.2 Å². The average Bonchev–Trinajstić information content (AvgIpc) is 2.84. The predicted molar refractivity (Wildman–Crippen MR) is 75.1 cm³/mol. The van der Waals surface area contributed by atoms with Crippen LogP contribution in [0.5, 0.6) is 0 Å². The van der Waals surface area contributed by atoms with E-state index in [2.05, 4.69) is 19.8 Å². The van der Waals surface area contributed by atoms with Gasteiger partial charge in [-0.1, -0.05) is 7.60 Å². The number of nitrogens with two attached hydrogens (primary N) is 1. The van der Waals surface area contributed by atoms with E-state index in [1.807, 2.05) is 0 Å². The standard InChI is InChI=1S/C10H15N6O7P.2Na/c11-10-13-8-7(9(18)14-10)12-4-16(8)5-22-1-2-23-15-6(17)3-24(19,20)21;;/h4H,1-3,5H2,(H,15,17)(H2,19,20,21)(H3,11,13,14,18);;/q;2*+1/p-2.